The van der Waals surface area contributed by atoms with Crippen molar-refractivity contribution in [2.45, 2.75) is 24.2 Å². The topological polar surface area (TPSA) is 38.3 Å². The molecular formula is C19H22FNO2S. The molecule has 1 amide bonds. The van der Waals surface area contributed by atoms with Crippen molar-refractivity contribution in [2.75, 3.05) is 19.4 Å². The van der Waals surface area contributed by atoms with Crippen LogP contribution in [0.15, 0.2) is 53.4 Å². The summed E-state index contributed by atoms with van der Waals surface area (Å²) in [6.45, 7) is 0.662. The average molecular weight is 347 g/mol. The molecule has 0 aromatic heterocycles. The quantitative estimate of drug-likeness (QED) is 0.549. The molecule has 0 heterocycles. The third kappa shape index (κ3) is 6.62. The van der Waals surface area contributed by atoms with E-state index < -0.39 is 0 Å². The number of aryl methyl sites for hydroxylation is 1. The van der Waals surface area contributed by atoms with Crippen molar-refractivity contribution in [2.24, 2.45) is 0 Å². The highest BCUT2D eigenvalue weighted by Gasteiger charge is 2.02. The minimum absolute atomic E-state index is 0.0672. The van der Waals surface area contributed by atoms with Crippen LogP contribution in [0.2, 0.25) is 0 Å². The standard InChI is InChI=1S/C19H22FNO2S/c1-23-17-8-3-15(4-9-17)5-12-19(22)21-13-2-14-24-18-10-6-16(20)7-11-18/h3-4,6-11H,2,5,12-14H2,1H3,(H,21,22). The first-order valence-corrected chi connectivity index (χ1v) is 8.94. The zero-order valence-electron chi connectivity index (χ0n) is 13.8. The van der Waals surface area contributed by atoms with E-state index in [4.69, 9.17) is 4.74 Å². The molecule has 0 saturated carbocycles. The Morgan fingerprint density at radius 1 is 1.12 bits per heavy atom. The fourth-order valence-electron chi connectivity index (χ4n) is 2.16. The number of thioether (sulfide) groups is 1. The third-order valence-corrected chi connectivity index (χ3v) is 4.62. The lowest BCUT2D eigenvalue weighted by atomic mass is 10.1. The van der Waals surface area contributed by atoms with Crippen LogP contribution in [0.25, 0.3) is 0 Å². The van der Waals surface area contributed by atoms with E-state index in [1.165, 1.54) is 12.1 Å². The molecule has 0 aliphatic rings. The van der Waals surface area contributed by atoms with E-state index >= 15 is 0 Å². The zero-order chi connectivity index (χ0) is 17.2. The van der Waals surface area contributed by atoms with Crippen LogP contribution in [0.1, 0.15) is 18.4 Å². The summed E-state index contributed by atoms with van der Waals surface area (Å²) in [6.07, 6.45) is 2.09. The van der Waals surface area contributed by atoms with E-state index in [0.29, 0.717) is 13.0 Å². The first kappa shape index (κ1) is 18.3. The normalized spacial score (nSPS) is 10.4. The molecule has 0 aliphatic carbocycles. The van der Waals surface area contributed by atoms with Crippen LogP contribution in [0.4, 0.5) is 4.39 Å². The summed E-state index contributed by atoms with van der Waals surface area (Å²) in [4.78, 5) is 12.9. The third-order valence-electron chi connectivity index (χ3n) is 3.53. The number of benzene rings is 2. The highest BCUT2D eigenvalue weighted by atomic mass is 32.2. The number of amides is 1. The highest BCUT2D eigenvalue weighted by molar-refractivity contribution is 7.99. The summed E-state index contributed by atoms with van der Waals surface area (Å²) in [5, 5.41) is 2.93. The van der Waals surface area contributed by atoms with Crippen molar-refractivity contribution in [3.05, 3.63) is 59.9 Å². The second-order valence-electron chi connectivity index (χ2n) is 5.35. The molecule has 0 radical (unpaired) electrons. The van der Waals surface area contributed by atoms with Crippen molar-refractivity contribution in [1.29, 1.82) is 0 Å². The van der Waals surface area contributed by atoms with Crippen LogP contribution in [-0.2, 0) is 11.2 Å². The lowest BCUT2D eigenvalue weighted by molar-refractivity contribution is -0.121. The first-order chi connectivity index (χ1) is 11.7. The van der Waals surface area contributed by atoms with Crippen molar-refractivity contribution < 1.29 is 13.9 Å². The number of halogens is 1. The fourth-order valence-corrected chi connectivity index (χ4v) is 3.01. The van der Waals surface area contributed by atoms with Gasteiger partial charge in [0.1, 0.15) is 11.6 Å². The van der Waals surface area contributed by atoms with E-state index in [1.807, 2.05) is 24.3 Å². The summed E-state index contributed by atoms with van der Waals surface area (Å²) in [5.41, 5.74) is 1.12. The van der Waals surface area contributed by atoms with E-state index in [-0.39, 0.29) is 11.7 Å². The molecule has 128 valence electrons. The number of hydrogen-bond acceptors (Lipinski definition) is 3. The Balaban J connectivity index is 1.56. The Hall–Kier alpha value is -2.01. The van der Waals surface area contributed by atoms with Crippen molar-refractivity contribution in [3.8, 4) is 5.75 Å². The molecule has 0 aliphatic heterocycles. The molecular weight excluding hydrogens is 325 g/mol. The molecule has 2 aromatic rings. The van der Waals surface area contributed by atoms with Crippen LogP contribution < -0.4 is 10.1 Å². The predicted molar refractivity (Wildman–Crippen MR) is 96.1 cm³/mol. The molecule has 2 aromatic carbocycles. The molecule has 0 bridgehead atoms. The Morgan fingerprint density at radius 3 is 2.50 bits per heavy atom. The molecule has 0 atom stereocenters. The van der Waals surface area contributed by atoms with Gasteiger partial charge in [-0.25, -0.2) is 4.39 Å². The van der Waals surface area contributed by atoms with E-state index in [2.05, 4.69) is 5.32 Å². The van der Waals surface area contributed by atoms with Gasteiger partial charge in [-0.15, -0.1) is 11.8 Å². The second-order valence-corrected chi connectivity index (χ2v) is 6.52. The summed E-state index contributed by atoms with van der Waals surface area (Å²) >= 11 is 1.66. The monoisotopic (exact) mass is 347 g/mol. The smallest absolute Gasteiger partial charge is 0.220 e. The zero-order valence-corrected chi connectivity index (χ0v) is 14.6. The number of carbonyl (C=O) groups is 1. The Bertz CT molecular complexity index is 629. The molecule has 5 heteroatoms. The van der Waals surface area contributed by atoms with Crippen LogP contribution in [0.5, 0.6) is 5.75 Å². The van der Waals surface area contributed by atoms with Crippen LogP contribution in [0, 0.1) is 5.82 Å². The maximum absolute atomic E-state index is 12.8. The Morgan fingerprint density at radius 2 is 1.83 bits per heavy atom. The number of hydrogen-bond donors (Lipinski definition) is 1. The van der Waals surface area contributed by atoms with Gasteiger partial charge in [-0.05, 0) is 60.6 Å². The SMILES string of the molecule is COc1ccc(CCC(=O)NCCCSc2ccc(F)cc2)cc1. The van der Waals surface area contributed by atoms with Gasteiger partial charge in [0.05, 0.1) is 7.11 Å². The van der Waals surface area contributed by atoms with E-state index in [0.717, 1.165) is 34.8 Å². The minimum Gasteiger partial charge on any atom is -0.497 e. The molecule has 24 heavy (non-hydrogen) atoms. The van der Waals surface area contributed by atoms with Gasteiger partial charge in [0.2, 0.25) is 5.91 Å². The van der Waals surface area contributed by atoms with Crippen LogP contribution >= 0.6 is 11.8 Å². The van der Waals surface area contributed by atoms with Gasteiger partial charge in [-0.3, -0.25) is 4.79 Å². The summed E-state index contributed by atoms with van der Waals surface area (Å²) in [6, 6.07) is 14.2. The maximum Gasteiger partial charge on any atom is 0.220 e. The number of nitrogens with one attached hydrogen (secondary N) is 1. The van der Waals surface area contributed by atoms with Gasteiger partial charge in [-0.1, -0.05) is 12.1 Å². The number of rotatable bonds is 9. The maximum atomic E-state index is 12.8. The van der Waals surface area contributed by atoms with Gasteiger partial charge in [-0.2, -0.15) is 0 Å². The average Bonchev–Trinajstić information content (AvgIpc) is 2.61. The number of carbonyl (C=O) groups excluding carboxylic acids is 1. The Labute approximate surface area is 146 Å². The summed E-state index contributed by atoms with van der Waals surface area (Å²) in [5.74, 6) is 1.56. The largest absolute Gasteiger partial charge is 0.497 e. The molecule has 0 saturated heterocycles. The number of ether oxygens (including phenoxy) is 1. The van der Waals surface area contributed by atoms with Crippen LogP contribution in [-0.4, -0.2) is 25.3 Å². The molecule has 0 fully saturated rings. The van der Waals surface area contributed by atoms with Crippen molar-refractivity contribution in [3.63, 3.8) is 0 Å². The predicted octanol–water partition coefficient (Wildman–Crippen LogP) is 4.07. The van der Waals surface area contributed by atoms with Gasteiger partial charge in [0, 0.05) is 17.9 Å². The molecule has 0 spiro atoms. The van der Waals surface area contributed by atoms with Crippen molar-refractivity contribution in [1.82, 2.24) is 5.32 Å². The van der Waals surface area contributed by atoms with Crippen molar-refractivity contribution >= 4 is 17.7 Å². The minimum atomic E-state index is -0.219. The van der Waals surface area contributed by atoms with Gasteiger partial charge < -0.3 is 10.1 Å². The Kier molecular flexibility index (Phi) is 7.62. The molecule has 1 N–H and O–H groups in total. The second kappa shape index (κ2) is 9.98. The van der Waals surface area contributed by atoms with E-state index in [9.17, 15) is 9.18 Å². The lowest BCUT2D eigenvalue weighted by Crippen LogP contribution is -2.24. The van der Waals surface area contributed by atoms with Gasteiger partial charge >= 0.3 is 0 Å². The number of methoxy groups -OCH3 is 1. The molecule has 2 rings (SSSR count). The summed E-state index contributed by atoms with van der Waals surface area (Å²) < 4.78 is 17.9. The highest BCUT2D eigenvalue weighted by Crippen LogP contribution is 2.18. The molecule has 3 nitrogen and oxygen atoms in total. The summed E-state index contributed by atoms with van der Waals surface area (Å²) in [7, 11) is 1.64. The molecule has 0 unspecified atom stereocenters. The van der Waals surface area contributed by atoms with Crippen LogP contribution in [0.3, 0.4) is 0 Å². The lowest BCUT2D eigenvalue weighted by Gasteiger charge is -2.06. The van der Waals surface area contributed by atoms with Gasteiger partial charge in [0.25, 0.3) is 0 Å². The fraction of sp³-hybridized carbons (Fsp3) is 0.316. The van der Waals surface area contributed by atoms with Gasteiger partial charge in [0.15, 0.2) is 0 Å². The van der Waals surface area contributed by atoms with E-state index in [1.54, 1.807) is 31.0 Å². The first-order valence-electron chi connectivity index (χ1n) is 7.95.